The molecule has 16 heavy (non-hydrogen) atoms. The molecule has 5 heteroatoms. The molecule has 0 bridgehead atoms. The average molecular weight is 286 g/mol. The summed E-state index contributed by atoms with van der Waals surface area (Å²) in [4.78, 5) is 10.9. The fourth-order valence-corrected chi connectivity index (χ4v) is 2.26. The first-order valence-corrected chi connectivity index (χ1v) is 5.83. The van der Waals surface area contributed by atoms with Crippen LogP contribution in [0.25, 0.3) is 0 Å². The Hall–Kier alpha value is -1.07. The Morgan fingerprint density at radius 2 is 2.19 bits per heavy atom. The smallest absolute Gasteiger partial charge is 0.231 e. The molecule has 1 aliphatic rings. The van der Waals surface area contributed by atoms with Gasteiger partial charge in [-0.3, -0.25) is 4.79 Å². The summed E-state index contributed by atoms with van der Waals surface area (Å²) < 4.78 is 11.4. The van der Waals surface area contributed by atoms with Gasteiger partial charge in [0.25, 0.3) is 0 Å². The maximum atomic E-state index is 10.9. The number of aldehydes is 1. The van der Waals surface area contributed by atoms with Crippen molar-refractivity contribution >= 4 is 22.2 Å². The van der Waals surface area contributed by atoms with Crippen molar-refractivity contribution < 1.29 is 14.3 Å². The fraction of sp³-hybridized carbons (Fsp3) is 0.364. The highest BCUT2D eigenvalue weighted by molar-refractivity contribution is 9.10. The molecule has 1 heterocycles. The van der Waals surface area contributed by atoms with Gasteiger partial charge in [0.2, 0.25) is 6.79 Å². The quantitative estimate of drug-likeness (QED) is 0.858. The van der Waals surface area contributed by atoms with Gasteiger partial charge in [-0.05, 0) is 46.9 Å². The summed E-state index contributed by atoms with van der Waals surface area (Å²) in [6, 6.07) is 1.90. The van der Waals surface area contributed by atoms with Crippen LogP contribution < -0.4 is 15.2 Å². The third-order valence-electron chi connectivity index (χ3n) is 2.48. The molecule has 2 N–H and O–H groups in total. The van der Waals surface area contributed by atoms with Crippen molar-refractivity contribution in [3.8, 4) is 11.5 Å². The Balaban J connectivity index is 2.44. The lowest BCUT2D eigenvalue weighted by Crippen LogP contribution is -2.01. The fourth-order valence-electron chi connectivity index (χ4n) is 1.71. The minimum Gasteiger partial charge on any atom is -0.453 e. The van der Waals surface area contributed by atoms with Crippen molar-refractivity contribution in [2.75, 3.05) is 13.3 Å². The number of hydrogen-bond acceptors (Lipinski definition) is 4. The number of aryl methyl sites for hydroxylation is 1. The average Bonchev–Trinajstić information content (AvgIpc) is 2.75. The van der Waals surface area contributed by atoms with E-state index >= 15 is 0 Å². The van der Waals surface area contributed by atoms with E-state index in [0.29, 0.717) is 23.6 Å². The van der Waals surface area contributed by atoms with Crippen LogP contribution in [0.4, 0.5) is 0 Å². The van der Waals surface area contributed by atoms with Crippen LogP contribution in [0.1, 0.15) is 22.3 Å². The van der Waals surface area contributed by atoms with Gasteiger partial charge in [0, 0.05) is 4.47 Å². The summed E-state index contributed by atoms with van der Waals surface area (Å²) in [6.07, 6.45) is 2.47. The second-order valence-corrected chi connectivity index (χ2v) is 4.36. The van der Waals surface area contributed by atoms with E-state index in [1.54, 1.807) is 0 Å². The molecule has 1 aromatic carbocycles. The first kappa shape index (κ1) is 11.4. The Bertz CT molecular complexity index is 420. The highest BCUT2D eigenvalue weighted by Gasteiger charge is 2.23. The highest BCUT2D eigenvalue weighted by Crippen LogP contribution is 2.42. The molecule has 0 aromatic heterocycles. The van der Waals surface area contributed by atoms with Gasteiger partial charge in [0.1, 0.15) is 0 Å². The summed E-state index contributed by atoms with van der Waals surface area (Å²) in [7, 11) is 0. The molecule has 1 aliphatic heterocycles. The second-order valence-electron chi connectivity index (χ2n) is 3.51. The predicted molar refractivity (Wildman–Crippen MR) is 63.0 cm³/mol. The number of ether oxygens (including phenoxy) is 2. The lowest BCUT2D eigenvalue weighted by molar-refractivity contribution is 0.111. The summed E-state index contributed by atoms with van der Waals surface area (Å²) in [5.41, 5.74) is 7.00. The van der Waals surface area contributed by atoms with Gasteiger partial charge in [-0.25, -0.2) is 0 Å². The number of hydrogen-bond donors (Lipinski definition) is 1. The number of rotatable bonds is 4. The number of nitrogens with two attached hydrogens (primary N) is 1. The molecule has 2 rings (SSSR count). The van der Waals surface area contributed by atoms with Crippen LogP contribution in [0.5, 0.6) is 11.5 Å². The summed E-state index contributed by atoms with van der Waals surface area (Å²) in [5, 5.41) is 0. The van der Waals surface area contributed by atoms with E-state index in [0.717, 1.165) is 29.2 Å². The van der Waals surface area contributed by atoms with Crippen molar-refractivity contribution in [2.45, 2.75) is 12.8 Å². The monoisotopic (exact) mass is 285 g/mol. The Morgan fingerprint density at radius 1 is 1.44 bits per heavy atom. The Morgan fingerprint density at radius 3 is 2.88 bits per heavy atom. The molecule has 1 aromatic rings. The number of carbonyl (C=O) groups is 1. The topological polar surface area (TPSA) is 61.6 Å². The minimum absolute atomic E-state index is 0.169. The van der Waals surface area contributed by atoms with Crippen LogP contribution in [0.15, 0.2) is 10.5 Å². The Kier molecular flexibility index (Phi) is 3.46. The SMILES string of the molecule is NCCCc1cc(Br)c(C=O)c2c1OCO2. The predicted octanol–water partition coefficient (Wildman–Crippen LogP) is 1.88. The van der Waals surface area contributed by atoms with Gasteiger partial charge in [-0.2, -0.15) is 0 Å². The number of carbonyl (C=O) groups excluding carboxylic acids is 1. The third kappa shape index (κ3) is 1.92. The minimum atomic E-state index is 0.169. The van der Waals surface area contributed by atoms with Gasteiger partial charge < -0.3 is 15.2 Å². The second kappa shape index (κ2) is 4.84. The summed E-state index contributed by atoms with van der Waals surface area (Å²) in [5.74, 6) is 1.22. The molecule has 0 unspecified atom stereocenters. The van der Waals surface area contributed by atoms with Gasteiger partial charge in [-0.1, -0.05) is 0 Å². The van der Waals surface area contributed by atoms with Crippen LogP contribution >= 0.6 is 15.9 Å². The molecule has 86 valence electrons. The molecule has 0 aliphatic carbocycles. The zero-order valence-electron chi connectivity index (χ0n) is 8.66. The zero-order chi connectivity index (χ0) is 11.5. The van der Waals surface area contributed by atoms with Gasteiger partial charge in [0.15, 0.2) is 17.8 Å². The van der Waals surface area contributed by atoms with Crippen LogP contribution in [0.2, 0.25) is 0 Å². The molecule has 0 amide bonds. The van der Waals surface area contributed by atoms with Crippen LogP contribution in [0.3, 0.4) is 0 Å². The first-order chi connectivity index (χ1) is 7.77. The van der Waals surface area contributed by atoms with Crippen LogP contribution in [-0.2, 0) is 6.42 Å². The van der Waals surface area contributed by atoms with Gasteiger partial charge in [-0.15, -0.1) is 0 Å². The number of benzene rings is 1. The molecule has 4 nitrogen and oxygen atoms in total. The molecule has 0 radical (unpaired) electrons. The molecular weight excluding hydrogens is 274 g/mol. The molecule has 0 saturated heterocycles. The normalized spacial score (nSPS) is 12.9. The molecule has 0 spiro atoms. The van der Waals surface area contributed by atoms with Crippen molar-refractivity contribution in [1.29, 1.82) is 0 Å². The van der Waals surface area contributed by atoms with Gasteiger partial charge >= 0.3 is 0 Å². The van der Waals surface area contributed by atoms with Crippen molar-refractivity contribution in [3.63, 3.8) is 0 Å². The highest BCUT2D eigenvalue weighted by atomic mass is 79.9. The number of fused-ring (bicyclic) bond motifs is 1. The van der Waals surface area contributed by atoms with Crippen molar-refractivity contribution in [1.82, 2.24) is 0 Å². The van der Waals surface area contributed by atoms with Crippen LogP contribution in [-0.4, -0.2) is 19.6 Å². The standard InChI is InChI=1S/C11H12BrNO3/c12-9-4-7(2-1-3-13)10-11(8(9)5-14)16-6-15-10/h4-5H,1-3,6,13H2. The van der Waals surface area contributed by atoms with E-state index in [4.69, 9.17) is 15.2 Å². The molecule has 0 atom stereocenters. The van der Waals surface area contributed by atoms with Crippen molar-refractivity contribution in [2.24, 2.45) is 5.73 Å². The van der Waals surface area contributed by atoms with Gasteiger partial charge in [0.05, 0.1) is 5.56 Å². The first-order valence-electron chi connectivity index (χ1n) is 5.04. The molecular formula is C11H12BrNO3. The van der Waals surface area contributed by atoms with E-state index in [9.17, 15) is 4.79 Å². The lowest BCUT2D eigenvalue weighted by Gasteiger charge is -2.08. The summed E-state index contributed by atoms with van der Waals surface area (Å²) in [6.45, 7) is 0.797. The maximum absolute atomic E-state index is 10.9. The molecule has 0 fully saturated rings. The summed E-state index contributed by atoms with van der Waals surface area (Å²) >= 11 is 3.35. The lowest BCUT2D eigenvalue weighted by atomic mass is 10.1. The maximum Gasteiger partial charge on any atom is 0.231 e. The van der Waals surface area contributed by atoms with Crippen molar-refractivity contribution in [3.05, 3.63) is 21.7 Å². The van der Waals surface area contributed by atoms with E-state index in [1.807, 2.05) is 6.07 Å². The van der Waals surface area contributed by atoms with E-state index < -0.39 is 0 Å². The molecule has 0 saturated carbocycles. The van der Waals surface area contributed by atoms with Crippen LogP contribution in [0, 0.1) is 0 Å². The van der Waals surface area contributed by atoms with E-state index in [-0.39, 0.29) is 6.79 Å². The van der Waals surface area contributed by atoms with E-state index in [1.165, 1.54) is 0 Å². The zero-order valence-corrected chi connectivity index (χ0v) is 10.2. The number of halogens is 1. The largest absolute Gasteiger partial charge is 0.453 e. The Labute approximate surface area is 102 Å². The van der Waals surface area contributed by atoms with E-state index in [2.05, 4.69) is 15.9 Å². The third-order valence-corrected chi connectivity index (χ3v) is 3.13.